The van der Waals surface area contributed by atoms with Crippen molar-refractivity contribution < 1.29 is 23.0 Å². The van der Waals surface area contributed by atoms with Crippen molar-refractivity contribution in [1.82, 2.24) is 5.32 Å². The van der Waals surface area contributed by atoms with Gasteiger partial charge in [-0.15, -0.1) is 0 Å². The van der Waals surface area contributed by atoms with Crippen LogP contribution in [0.2, 0.25) is 0 Å². The van der Waals surface area contributed by atoms with E-state index in [2.05, 4.69) is 5.32 Å². The Hall–Kier alpha value is -0.330. The smallest absolute Gasteiger partial charge is 0.389 e. The van der Waals surface area contributed by atoms with E-state index >= 15 is 0 Å². The maximum absolute atomic E-state index is 11.9. The van der Waals surface area contributed by atoms with Gasteiger partial charge in [0.2, 0.25) is 0 Å². The highest BCUT2D eigenvalue weighted by atomic mass is 19.4. The summed E-state index contributed by atoms with van der Waals surface area (Å²) in [6.07, 6.45) is -4.15. The highest BCUT2D eigenvalue weighted by Gasteiger charge is 2.26. The molecule has 0 aliphatic rings. The number of alkyl halides is 3. The van der Waals surface area contributed by atoms with Crippen LogP contribution >= 0.6 is 0 Å². The third-order valence-corrected chi connectivity index (χ3v) is 2.43. The first-order valence-corrected chi connectivity index (χ1v) is 5.82. The summed E-state index contributed by atoms with van der Waals surface area (Å²) in [6, 6.07) is 0.0343. The van der Waals surface area contributed by atoms with E-state index < -0.39 is 18.7 Å². The van der Waals surface area contributed by atoms with Gasteiger partial charge in [-0.25, -0.2) is 0 Å². The number of methoxy groups -OCH3 is 1. The Morgan fingerprint density at radius 3 is 2.47 bits per heavy atom. The Morgan fingerprint density at radius 1 is 1.29 bits per heavy atom. The Bertz CT molecular complexity index is 188. The van der Waals surface area contributed by atoms with Crippen LogP contribution in [0.1, 0.15) is 32.6 Å². The lowest BCUT2D eigenvalue weighted by Gasteiger charge is -2.16. The van der Waals surface area contributed by atoms with Gasteiger partial charge in [-0.3, -0.25) is 0 Å². The Morgan fingerprint density at radius 2 is 1.94 bits per heavy atom. The summed E-state index contributed by atoms with van der Waals surface area (Å²) in [6.45, 7) is 2.71. The topological polar surface area (TPSA) is 41.5 Å². The minimum absolute atomic E-state index is 0.0343. The average molecular weight is 257 g/mol. The van der Waals surface area contributed by atoms with Gasteiger partial charge in [0.15, 0.2) is 0 Å². The number of hydrogen-bond donors (Lipinski definition) is 2. The third kappa shape index (κ3) is 11.9. The average Bonchev–Trinajstić information content (AvgIpc) is 2.16. The molecule has 0 aromatic carbocycles. The Labute approximate surface area is 100 Å². The van der Waals surface area contributed by atoms with Gasteiger partial charge in [0.05, 0.1) is 12.7 Å². The fourth-order valence-corrected chi connectivity index (χ4v) is 1.48. The van der Waals surface area contributed by atoms with Gasteiger partial charge in [-0.1, -0.05) is 0 Å². The second-order valence-electron chi connectivity index (χ2n) is 4.26. The number of rotatable bonds is 9. The largest absolute Gasteiger partial charge is 0.391 e. The van der Waals surface area contributed by atoms with Crippen molar-refractivity contribution in [3.63, 3.8) is 0 Å². The van der Waals surface area contributed by atoms with Crippen molar-refractivity contribution in [3.8, 4) is 0 Å². The zero-order valence-corrected chi connectivity index (χ0v) is 10.4. The van der Waals surface area contributed by atoms with Crippen LogP contribution in [0.15, 0.2) is 0 Å². The van der Waals surface area contributed by atoms with Crippen molar-refractivity contribution >= 4 is 0 Å². The number of aliphatic hydroxyl groups excluding tert-OH is 1. The summed E-state index contributed by atoms with van der Waals surface area (Å²) in [4.78, 5) is 0. The molecule has 0 spiro atoms. The number of nitrogens with one attached hydrogen (secondary N) is 1. The number of aliphatic hydroxyl groups is 1. The number of ether oxygens (including phenoxy) is 1. The first-order valence-electron chi connectivity index (χ1n) is 5.82. The summed E-state index contributed by atoms with van der Waals surface area (Å²) in [5.41, 5.74) is 0. The third-order valence-electron chi connectivity index (χ3n) is 2.43. The molecule has 0 aromatic heterocycles. The molecule has 2 N–H and O–H groups in total. The van der Waals surface area contributed by atoms with E-state index in [-0.39, 0.29) is 19.1 Å². The van der Waals surface area contributed by atoms with Gasteiger partial charge in [0.25, 0.3) is 0 Å². The summed E-state index contributed by atoms with van der Waals surface area (Å²) >= 11 is 0. The van der Waals surface area contributed by atoms with Crippen LogP contribution in [0.3, 0.4) is 0 Å². The molecule has 104 valence electrons. The first kappa shape index (κ1) is 16.7. The van der Waals surface area contributed by atoms with E-state index in [1.807, 2.05) is 6.92 Å². The normalized spacial score (nSPS) is 15.9. The SMILES string of the molecule is COCC(O)CCNC(C)CCCC(F)(F)F. The molecule has 6 heteroatoms. The lowest BCUT2D eigenvalue weighted by atomic mass is 10.1. The highest BCUT2D eigenvalue weighted by Crippen LogP contribution is 2.22. The van der Waals surface area contributed by atoms with Crippen molar-refractivity contribution in [1.29, 1.82) is 0 Å². The van der Waals surface area contributed by atoms with Crippen LogP contribution in [0, 0.1) is 0 Å². The summed E-state index contributed by atoms with van der Waals surface area (Å²) < 4.78 is 40.4. The molecule has 2 atom stereocenters. The molecule has 2 unspecified atom stereocenters. The molecule has 3 nitrogen and oxygen atoms in total. The fourth-order valence-electron chi connectivity index (χ4n) is 1.48. The maximum Gasteiger partial charge on any atom is 0.389 e. The molecule has 17 heavy (non-hydrogen) atoms. The molecule has 0 bridgehead atoms. The van der Waals surface area contributed by atoms with Gasteiger partial charge in [0.1, 0.15) is 0 Å². The Balaban J connectivity index is 3.43. The molecule has 0 aliphatic carbocycles. The molecule has 0 amide bonds. The van der Waals surface area contributed by atoms with Crippen molar-refractivity contribution in [2.45, 2.75) is 50.9 Å². The second kappa shape index (κ2) is 8.72. The van der Waals surface area contributed by atoms with E-state index in [1.54, 1.807) is 0 Å². The molecule has 0 saturated carbocycles. The zero-order valence-electron chi connectivity index (χ0n) is 10.4. The molecule has 0 saturated heterocycles. The molecule has 0 rings (SSSR count). The van der Waals surface area contributed by atoms with E-state index in [1.165, 1.54) is 7.11 Å². The van der Waals surface area contributed by atoms with Crippen LogP contribution in [-0.2, 0) is 4.74 Å². The van der Waals surface area contributed by atoms with Crippen LogP contribution in [0.4, 0.5) is 13.2 Å². The quantitative estimate of drug-likeness (QED) is 0.664. The van der Waals surface area contributed by atoms with Gasteiger partial charge >= 0.3 is 6.18 Å². The molecule has 0 aromatic rings. The van der Waals surface area contributed by atoms with Crippen LogP contribution < -0.4 is 5.32 Å². The van der Waals surface area contributed by atoms with Gasteiger partial charge in [-0.2, -0.15) is 13.2 Å². The van der Waals surface area contributed by atoms with Crippen LogP contribution in [-0.4, -0.2) is 43.7 Å². The summed E-state index contributed by atoms with van der Waals surface area (Å²) in [5, 5.41) is 12.4. The Kier molecular flexibility index (Phi) is 8.55. The first-order chi connectivity index (χ1) is 7.85. The highest BCUT2D eigenvalue weighted by molar-refractivity contribution is 4.64. The number of hydrogen-bond acceptors (Lipinski definition) is 3. The summed E-state index contributed by atoms with van der Waals surface area (Å²) in [7, 11) is 1.51. The van der Waals surface area contributed by atoms with E-state index in [9.17, 15) is 18.3 Å². The number of halogens is 3. The van der Waals surface area contributed by atoms with Gasteiger partial charge in [0, 0.05) is 19.6 Å². The molecular formula is C11H22F3NO2. The van der Waals surface area contributed by atoms with Gasteiger partial charge < -0.3 is 15.2 Å². The van der Waals surface area contributed by atoms with Gasteiger partial charge in [-0.05, 0) is 32.7 Å². The molecule has 0 aliphatic heterocycles. The standard InChI is InChI=1S/C11H22F3NO2/c1-9(4-3-6-11(12,13)14)15-7-5-10(16)8-17-2/h9-10,15-16H,3-8H2,1-2H3. The van der Waals surface area contributed by atoms with E-state index in [0.29, 0.717) is 19.4 Å². The lowest BCUT2D eigenvalue weighted by Crippen LogP contribution is -2.30. The second-order valence-corrected chi connectivity index (χ2v) is 4.26. The predicted octanol–water partition coefficient (Wildman–Crippen LogP) is 2.09. The molecular weight excluding hydrogens is 235 g/mol. The lowest BCUT2D eigenvalue weighted by molar-refractivity contribution is -0.135. The minimum Gasteiger partial charge on any atom is -0.391 e. The monoisotopic (exact) mass is 257 g/mol. The van der Waals surface area contributed by atoms with Crippen molar-refractivity contribution in [3.05, 3.63) is 0 Å². The molecule has 0 radical (unpaired) electrons. The maximum atomic E-state index is 11.9. The minimum atomic E-state index is -4.06. The van der Waals surface area contributed by atoms with E-state index in [4.69, 9.17) is 4.74 Å². The fraction of sp³-hybridized carbons (Fsp3) is 1.00. The van der Waals surface area contributed by atoms with Crippen molar-refractivity contribution in [2.24, 2.45) is 0 Å². The molecule has 0 heterocycles. The zero-order chi connectivity index (χ0) is 13.3. The summed E-state index contributed by atoms with van der Waals surface area (Å²) in [5.74, 6) is 0. The van der Waals surface area contributed by atoms with Crippen molar-refractivity contribution in [2.75, 3.05) is 20.3 Å². The van der Waals surface area contributed by atoms with Crippen LogP contribution in [0.25, 0.3) is 0 Å². The van der Waals surface area contributed by atoms with E-state index in [0.717, 1.165) is 0 Å². The predicted molar refractivity (Wildman–Crippen MR) is 59.9 cm³/mol. The molecule has 0 fully saturated rings. The van der Waals surface area contributed by atoms with Crippen LogP contribution in [0.5, 0.6) is 0 Å².